The largest absolute Gasteiger partial charge is 0.0622 e. The molecule has 44 heavy (non-hydrogen) atoms. The molecular formula is C41H39P3. The van der Waals surface area contributed by atoms with E-state index in [2.05, 4.69) is 189 Å². The molecule has 0 bridgehead atoms. The average molecular weight is 625 g/mol. The summed E-state index contributed by atoms with van der Waals surface area (Å²) in [4.78, 5) is 0. The number of hydrogen-bond acceptors (Lipinski definition) is 0. The van der Waals surface area contributed by atoms with E-state index in [0.29, 0.717) is 11.6 Å². The lowest BCUT2D eigenvalue weighted by molar-refractivity contribution is 0.651. The van der Waals surface area contributed by atoms with Crippen molar-refractivity contribution in [1.29, 1.82) is 0 Å². The minimum atomic E-state index is -0.609. The highest BCUT2D eigenvalue weighted by molar-refractivity contribution is 7.77. The van der Waals surface area contributed by atoms with Gasteiger partial charge < -0.3 is 0 Å². The second-order valence-corrected chi connectivity index (χ2v) is 18.1. The van der Waals surface area contributed by atoms with Crippen LogP contribution < -0.4 is 31.8 Å². The third kappa shape index (κ3) is 7.63. The summed E-state index contributed by atoms with van der Waals surface area (Å²) in [6.07, 6.45) is 2.33. The van der Waals surface area contributed by atoms with E-state index in [-0.39, 0.29) is 0 Å². The minimum Gasteiger partial charge on any atom is -0.0622 e. The van der Waals surface area contributed by atoms with Gasteiger partial charge in [0.1, 0.15) is 0 Å². The smallest absolute Gasteiger partial charge is 0.00542 e. The van der Waals surface area contributed by atoms with Gasteiger partial charge in [-0.3, -0.25) is 0 Å². The Bertz CT molecular complexity index is 1540. The topological polar surface area (TPSA) is 0 Å². The van der Waals surface area contributed by atoms with Crippen molar-refractivity contribution in [2.45, 2.75) is 12.6 Å². The lowest BCUT2D eigenvalue weighted by Crippen LogP contribution is -2.34. The quantitative estimate of drug-likeness (QED) is 0.120. The Morgan fingerprint density at radius 1 is 0.341 bits per heavy atom. The van der Waals surface area contributed by atoms with Crippen molar-refractivity contribution in [3.05, 3.63) is 182 Å². The van der Waals surface area contributed by atoms with Gasteiger partial charge in [0.15, 0.2) is 0 Å². The lowest BCUT2D eigenvalue weighted by Gasteiger charge is -2.37. The molecule has 0 amide bonds. The summed E-state index contributed by atoms with van der Waals surface area (Å²) in [6.45, 7) is 2.55. The maximum Gasteiger partial charge on any atom is -0.00542 e. The van der Waals surface area contributed by atoms with Crippen molar-refractivity contribution in [1.82, 2.24) is 0 Å². The lowest BCUT2D eigenvalue weighted by atomic mass is 10.1. The highest BCUT2D eigenvalue weighted by Gasteiger charge is 2.34. The molecule has 0 heterocycles. The Morgan fingerprint density at radius 2 is 0.591 bits per heavy atom. The van der Waals surface area contributed by atoms with Crippen LogP contribution in [0.4, 0.5) is 0 Å². The van der Waals surface area contributed by atoms with Crippen molar-refractivity contribution in [3.8, 4) is 0 Å². The van der Waals surface area contributed by atoms with Gasteiger partial charge >= 0.3 is 0 Å². The summed E-state index contributed by atoms with van der Waals surface area (Å²) in [7, 11) is -1.66. The zero-order valence-electron chi connectivity index (χ0n) is 25.2. The van der Waals surface area contributed by atoms with Gasteiger partial charge in [0.25, 0.3) is 0 Å². The van der Waals surface area contributed by atoms with Crippen LogP contribution in [0, 0.1) is 5.92 Å². The van der Waals surface area contributed by atoms with Crippen LogP contribution in [0.25, 0.3) is 0 Å². The average Bonchev–Trinajstić information content (AvgIpc) is 3.11. The third-order valence-corrected chi connectivity index (χ3v) is 16.9. The number of benzene rings is 6. The molecule has 0 aliphatic heterocycles. The Morgan fingerprint density at radius 3 is 0.886 bits per heavy atom. The first kappa shape index (κ1) is 30.6. The molecule has 0 saturated carbocycles. The van der Waals surface area contributed by atoms with Crippen LogP contribution in [0.1, 0.15) is 6.92 Å². The fourth-order valence-electron chi connectivity index (χ4n) is 5.97. The summed E-state index contributed by atoms with van der Waals surface area (Å²) in [5, 5.41) is 8.83. The van der Waals surface area contributed by atoms with Crippen LogP contribution >= 0.6 is 23.8 Å². The molecule has 0 fully saturated rings. The standard InChI is InChI=1S/C41H39P3/c1-34(32-42(35-20-8-2-9-21-35)36-22-10-3-11-23-36)41(44(39-28-16-6-17-29-39)40-30-18-7-19-31-40)33-43(37-24-12-4-13-25-37)38-26-14-5-15-27-38/h2-31,34,41H,32-33H2,1H3. The van der Waals surface area contributed by atoms with E-state index in [1.165, 1.54) is 38.0 Å². The predicted octanol–water partition coefficient (Wildman–Crippen LogP) is 8.39. The molecular weight excluding hydrogens is 585 g/mol. The van der Waals surface area contributed by atoms with Crippen LogP contribution in [0.2, 0.25) is 0 Å². The van der Waals surface area contributed by atoms with Crippen LogP contribution in [-0.2, 0) is 0 Å². The molecule has 2 atom stereocenters. The van der Waals surface area contributed by atoms with Crippen LogP contribution in [0.5, 0.6) is 0 Å². The highest BCUT2D eigenvalue weighted by atomic mass is 31.1. The molecule has 0 nitrogen and oxygen atoms in total. The number of rotatable bonds is 12. The first-order valence-corrected chi connectivity index (χ1v) is 19.9. The Balaban J connectivity index is 1.47. The fraction of sp³-hybridized carbons (Fsp3) is 0.122. The summed E-state index contributed by atoms with van der Waals surface area (Å²) in [5.74, 6) is 0.505. The maximum atomic E-state index is 2.55. The van der Waals surface area contributed by atoms with Gasteiger partial charge in [-0.25, -0.2) is 0 Å². The Hall–Kier alpha value is -3.39. The first-order chi connectivity index (χ1) is 21.8. The van der Waals surface area contributed by atoms with Crippen LogP contribution in [0.15, 0.2) is 182 Å². The number of hydrogen-bond donors (Lipinski definition) is 0. The Labute approximate surface area is 267 Å². The SMILES string of the molecule is CC(CP(c1ccccc1)c1ccccc1)C(CP(c1ccccc1)c1ccccc1)P(c1ccccc1)c1ccccc1. The van der Waals surface area contributed by atoms with Gasteiger partial charge in [-0.05, 0) is 79.5 Å². The highest BCUT2D eigenvalue weighted by Crippen LogP contribution is 2.51. The molecule has 2 unspecified atom stereocenters. The van der Waals surface area contributed by atoms with Crippen molar-refractivity contribution >= 4 is 55.6 Å². The van der Waals surface area contributed by atoms with Crippen molar-refractivity contribution < 1.29 is 0 Å². The van der Waals surface area contributed by atoms with Gasteiger partial charge in [0.2, 0.25) is 0 Å². The maximum absolute atomic E-state index is 2.55. The molecule has 0 N–H and O–H groups in total. The second kappa shape index (κ2) is 15.6. The molecule has 218 valence electrons. The third-order valence-electron chi connectivity index (χ3n) is 8.17. The fourth-order valence-corrected chi connectivity index (χ4v) is 15.1. The summed E-state index contributed by atoms with van der Waals surface area (Å²) in [6, 6.07) is 67.8. The zero-order valence-corrected chi connectivity index (χ0v) is 27.9. The molecule has 0 aromatic heterocycles. The van der Waals surface area contributed by atoms with E-state index in [4.69, 9.17) is 0 Å². The molecule has 0 radical (unpaired) electrons. The Kier molecular flexibility index (Phi) is 10.8. The zero-order chi connectivity index (χ0) is 30.0. The molecule has 3 heteroatoms. The second-order valence-electron chi connectivity index (χ2n) is 11.1. The summed E-state index contributed by atoms with van der Waals surface area (Å²) in [5.41, 5.74) is 0.499. The van der Waals surface area contributed by atoms with Crippen molar-refractivity contribution in [3.63, 3.8) is 0 Å². The molecule has 0 saturated heterocycles. The molecule has 0 spiro atoms. The van der Waals surface area contributed by atoms with Gasteiger partial charge in [-0.1, -0.05) is 189 Å². The predicted molar refractivity (Wildman–Crippen MR) is 200 cm³/mol. The molecule has 6 rings (SSSR count). The first-order valence-electron chi connectivity index (χ1n) is 15.4. The summed E-state index contributed by atoms with van der Waals surface area (Å²) < 4.78 is 0. The van der Waals surface area contributed by atoms with Gasteiger partial charge in [0, 0.05) is 0 Å². The van der Waals surface area contributed by atoms with E-state index in [1.54, 1.807) is 0 Å². The van der Waals surface area contributed by atoms with E-state index in [1.807, 2.05) is 0 Å². The molecule has 0 aliphatic rings. The normalized spacial score (nSPS) is 12.8. The van der Waals surface area contributed by atoms with Crippen LogP contribution in [-0.4, -0.2) is 18.0 Å². The van der Waals surface area contributed by atoms with E-state index >= 15 is 0 Å². The molecule has 6 aromatic rings. The monoisotopic (exact) mass is 624 g/mol. The minimum absolute atomic E-state index is 0.499. The molecule has 0 aliphatic carbocycles. The van der Waals surface area contributed by atoms with E-state index in [9.17, 15) is 0 Å². The van der Waals surface area contributed by atoms with Gasteiger partial charge in [-0.2, -0.15) is 0 Å². The van der Waals surface area contributed by atoms with E-state index in [0.717, 1.165) is 6.16 Å². The van der Waals surface area contributed by atoms with Crippen molar-refractivity contribution in [2.24, 2.45) is 5.92 Å². The van der Waals surface area contributed by atoms with Crippen molar-refractivity contribution in [2.75, 3.05) is 12.3 Å². The van der Waals surface area contributed by atoms with Crippen LogP contribution in [0.3, 0.4) is 0 Å². The summed E-state index contributed by atoms with van der Waals surface area (Å²) >= 11 is 0. The van der Waals surface area contributed by atoms with Gasteiger partial charge in [-0.15, -0.1) is 0 Å². The van der Waals surface area contributed by atoms with Gasteiger partial charge in [0.05, 0.1) is 0 Å². The van der Waals surface area contributed by atoms with E-state index < -0.39 is 23.8 Å². The molecule has 6 aromatic carbocycles.